The van der Waals surface area contributed by atoms with Crippen LogP contribution in [0.3, 0.4) is 0 Å². The third-order valence-electron chi connectivity index (χ3n) is 4.34. The molecular formula is C13H22O4. The van der Waals surface area contributed by atoms with Gasteiger partial charge >= 0.3 is 5.97 Å². The molecule has 0 aromatic rings. The van der Waals surface area contributed by atoms with E-state index < -0.39 is 11.0 Å². The van der Waals surface area contributed by atoms with Gasteiger partial charge in [0, 0.05) is 6.42 Å². The second-order valence-corrected chi connectivity index (χ2v) is 6.04. The highest BCUT2D eigenvalue weighted by Crippen LogP contribution is 2.53. The van der Waals surface area contributed by atoms with Gasteiger partial charge in [0.2, 0.25) is 0 Å². The van der Waals surface area contributed by atoms with Crippen molar-refractivity contribution < 1.29 is 19.4 Å². The number of methoxy groups -OCH3 is 1. The van der Waals surface area contributed by atoms with Crippen LogP contribution in [-0.2, 0) is 14.3 Å². The first-order chi connectivity index (χ1) is 7.85. The molecule has 1 saturated carbocycles. The molecule has 1 unspecified atom stereocenters. The van der Waals surface area contributed by atoms with Gasteiger partial charge in [-0.3, -0.25) is 4.79 Å². The first-order valence-electron chi connectivity index (χ1n) is 6.30. The molecule has 4 heteroatoms. The molecule has 1 saturated heterocycles. The average molecular weight is 242 g/mol. The molecule has 0 amide bonds. The van der Waals surface area contributed by atoms with Crippen LogP contribution in [0.2, 0.25) is 0 Å². The van der Waals surface area contributed by atoms with E-state index >= 15 is 0 Å². The molecular weight excluding hydrogens is 220 g/mol. The lowest BCUT2D eigenvalue weighted by Crippen LogP contribution is -2.53. The van der Waals surface area contributed by atoms with E-state index in [2.05, 4.69) is 0 Å². The number of aliphatic hydroxyl groups is 1. The zero-order valence-electron chi connectivity index (χ0n) is 10.9. The molecule has 1 atom stereocenters. The van der Waals surface area contributed by atoms with Crippen LogP contribution in [0.15, 0.2) is 0 Å². The smallest absolute Gasteiger partial charge is 0.314 e. The molecule has 2 fully saturated rings. The van der Waals surface area contributed by atoms with Crippen molar-refractivity contribution in [1.82, 2.24) is 0 Å². The van der Waals surface area contributed by atoms with Crippen LogP contribution in [-0.4, -0.2) is 36.0 Å². The minimum absolute atomic E-state index is 0.231. The molecule has 0 spiro atoms. The summed E-state index contributed by atoms with van der Waals surface area (Å²) in [6.07, 6.45) is 3.84. The Balaban J connectivity index is 2.31. The summed E-state index contributed by atoms with van der Waals surface area (Å²) in [6, 6.07) is 0. The number of hydrogen-bond donors (Lipinski definition) is 1. The van der Waals surface area contributed by atoms with E-state index in [0.29, 0.717) is 19.3 Å². The molecule has 17 heavy (non-hydrogen) atoms. The number of esters is 1. The number of ether oxygens (including phenoxy) is 2. The highest BCUT2D eigenvalue weighted by Gasteiger charge is 2.62. The van der Waals surface area contributed by atoms with Gasteiger partial charge in [0.25, 0.3) is 0 Å². The number of hydrogen-bond acceptors (Lipinski definition) is 4. The van der Waals surface area contributed by atoms with E-state index in [0.717, 1.165) is 12.8 Å². The van der Waals surface area contributed by atoms with Crippen LogP contribution in [0.5, 0.6) is 0 Å². The van der Waals surface area contributed by atoms with E-state index in [4.69, 9.17) is 9.47 Å². The van der Waals surface area contributed by atoms with Crippen molar-refractivity contribution >= 4 is 5.97 Å². The van der Waals surface area contributed by atoms with Crippen LogP contribution < -0.4 is 0 Å². The van der Waals surface area contributed by atoms with E-state index in [1.54, 1.807) is 0 Å². The van der Waals surface area contributed by atoms with Gasteiger partial charge in [0.1, 0.15) is 5.60 Å². The van der Waals surface area contributed by atoms with Gasteiger partial charge in [-0.25, -0.2) is 0 Å². The fourth-order valence-corrected chi connectivity index (χ4v) is 3.46. The van der Waals surface area contributed by atoms with Gasteiger partial charge in [0.05, 0.1) is 24.7 Å². The Morgan fingerprint density at radius 1 is 1.29 bits per heavy atom. The third-order valence-corrected chi connectivity index (χ3v) is 4.34. The molecule has 2 aliphatic rings. The van der Waals surface area contributed by atoms with Crippen molar-refractivity contribution in [3.8, 4) is 0 Å². The molecule has 0 bridgehead atoms. The minimum atomic E-state index is -1.07. The van der Waals surface area contributed by atoms with Crippen molar-refractivity contribution in [3.05, 3.63) is 0 Å². The van der Waals surface area contributed by atoms with E-state index in [1.165, 1.54) is 7.11 Å². The Hall–Kier alpha value is -0.610. The maximum Gasteiger partial charge on any atom is 0.314 e. The number of rotatable bonds is 2. The standard InChI is InChI=1S/C13H22O4/c1-11(2)8-13(15,9-17-11)12(10(14)16-3)6-4-5-7-12/h15H,4-9H2,1-3H3. The number of carbonyl (C=O) groups is 1. The van der Waals surface area contributed by atoms with Crippen molar-refractivity contribution in [3.63, 3.8) is 0 Å². The van der Waals surface area contributed by atoms with E-state index in [-0.39, 0.29) is 18.2 Å². The van der Waals surface area contributed by atoms with Crippen LogP contribution in [0.25, 0.3) is 0 Å². The fourth-order valence-electron chi connectivity index (χ4n) is 3.46. The summed E-state index contributed by atoms with van der Waals surface area (Å²) in [6.45, 7) is 4.13. The van der Waals surface area contributed by atoms with Crippen LogP contribution in [0, 0.1) is 5.41 Å². The molecule has 1 aliphatic carbocycles. The van der Waals surface area contributed by atoms with Crippen molar-refractivity contribution in [2.45, 2.75) is 57.2 Å². The van der Waals surface area contributed by atoms with Crippen LogP contribution >= 0.6 is 0 Å². The predicted molar refractivity (Wildman–Crippen MR) is 62.5 cm³/mol. The molecule has 1 aliphatic heterocycles. The maximum atomic E-state index is 12.1. The van der Waals surface area contributed by atoms with Gasteiger partial charge in [-0.1, -0.05) is 12.8 Å². The lowest BCUT2D eigenvalue weighted by atomic mass is 9.68. The monoisotopic (exact) mass is 242 g/mol. The highest BCUT2D eigenvalue weighted by atomic mass is 16.5. The first kappa shape index (κ1) is 12.8. The van der Waals surface area contributed by atoms with Gasteiger partial charge in [0.15, 0.2) is 0 Å². The highest BCUT2D eigenvalue weighted by molar-refractivity contribution is 5.79. The summed E-state index contributed by atoms with van der Waals surface area (Å²) in [5.74, 6) is -0.279. The zero-order chi connectivity index (χ0) is 12.7. The van der Waals surface area contributed by atoms with Crippen molar-refractivity contribution in [1.29, 1.82) is 0 Å². The molecule has 0 aromatic heterocycles. The molecule has 4 nitrogen and oxygen atoms in total. The molecule has 2 rings (SSSR count). The Morgan fingerprint density at radius 2 is 1.88 bits per heavy atom. The normalized spacial score (nSPS) is 34.8. The van der Waals surface area contributed by atoms with Crippen molar-refractivity contribution in [2.24, 2.45) is 5.41 Å². The Labute approximate surface area is 102 Å². The fraction of sp³-hybridized carbons (Fsp3) is 0.923. The van der Waals surface area contributed by atoms with E-state index in [9.17, 15) is 9.90 Å². The zero-order valence-corrected chi connectivity index (χ0v) is 10.9. The predicted octanol–water partition coefficient (Wildman–Crippen LogP) is 1.65. The molecule has 0 radical (unpaired) electrons. The Bertz CT molecular complexity index is 317. The summed E-state index contributed by atoms with van der Waals surface area (Å²) in [7, 11) is 1.40. The largest absolute Gasteiger partial charge is 0.469 e. The Morgan fingerprint density at radius 3 is 2.29 bits per heavy atom. The van der Waals surface area contributed by atoms with Gasteiger partial charge in [-0.15, -0.1) is 0 Å². The summed E-state index contributed by atoms with van der Waals surface area (Å²) in [4.78, 5) is 12.1. The van der Waals surface area contributed by atoms with Gasteiger partial charge < -0.3 is 14.6 Å². The lowest BCUT2D eigenvalue weighted by Gasteiger charge is -2.39. The summed E-state index contributed by atoms with van der Waals surface area (Å²) in [5.41, 5.74) is -2.19. The topological polar surface area (TPSA) is 55.8 Å². The molecule has 1 heterocycles. The third kappa shape index (κ3) is 1.87. The number of carbonyl (C=O) groups excluding carboxylic acids is 1. The first-order valence-corrected chi connectivity index (χ1v) is 6.30. The minimum Gasteiger partial charge on any atom is -0.469 e. The lowest BCUT2D eigenvalue weighted by molar-refractivity contribution is -0.172. The maximum absolute atomic E-state index is 12.1. The molecule has 98 valence electrons. The Kier molecular flexibility index (Phi) is 2.99. The van der Waals surface area contributed by atoms with Gasteiger partial charge in [-0.05, 0) is 26.7 Å². The van der Waals surface area contributed by atoms with Gasteiger partial charge in [-0.2, -0.15) is 0 Å². The average Bonchev–Trinajstić information content (AvgIpc) is 2.84. The summed E-state index contributed by atoms with van der Waals surface area (Å²) in [5, 5.41) is 10.9. The molecule has 0 aromatic carbocycles. The van der Waals surface area contributed by atoms with Crippen LogP contribution in [0.4, 0.5) is 0 Å². The second-order valence-electron chi connectivity index (χ2n) is 6.04. The quantitative estimate of drug-likeness (QED) is 0.748. The van der Waals surface area contributed by atoms with E-state index in [1.807, 2.05) is 13.8 Å². The summed E-state index contributed by atoms with van der Waals surface area (Å²) < 4.78 is 10.6. The molecule has 1 N–H and O–H groups in total. The summed E-state index contributed by atoms with van der Waals surface area (Å²) >= 11 is 0. The SMILES string of the molecule is COC(=O)C1(C2(O)COC(C)(C)C2)CCCC1. The van der Waals surface area contributed by atoms with Crippen molar-refractivity contribution in [2.75, 3.05) is 13.7 Å². The second kappa shape index (κ2) is 3.95. The van der Waals surface area contributed by atoms with Crippen LogP contribution in [0.1, 0.15) is 46.0 Å².